The smallest absolute Gasteiger partial charge is 0.322 e. The molecule has 8 nitrogen and oxygen atoms in total. The number of piperidine rings is 1. The normalized spacial score (nSPS) is 28.5. The van der Waals surface area contributed by atoms with E-state index in [1.807, 2.05) is 0 Å². The fourth-order valence-corrected chi connectivity index (χ4v) is 3.85. The van der Waals surface area contributed by atoms with Crippen molar-refractivity contribution in [2.75, 3.05) is 32.6 Å². The molecule has 2 fully saturated rings. The molecule has 2 saturated heterocycles. The molecule has 0 aromatic carbocycles. The SMILES string of the molecule is COCCS(=O)(=O)N1CCCC2(C1)NC(=O)NC2=O. The first-order chi connectivity index (χ1) is 8.89. The topological polar surface area (TPSA) is 105 Å². The Morgan fingerprint density at radius 1 is 1.42 bits per heavy atom. The largest absolute Gasteiger partial charge is 0.384 e. The zero-order valence-corrected chi connectivity index (χ0v) is 11.5. The van der Waals surface area contributed by atoms with Crippen LogP contribution in [0.1, 0.15) is 12.8 Å². The Hall–Kier alpha value is -1.19. The molecule has 2 aliphatic rings. The summed E-state index contributed by atoms with van der Waals surface area (Å²) in [6.07, 6.45) is 0.973. The molecule has 2 rings (SSSR count). The standard InChI is InChI=1S/C10H17N3O5S/c1-18-5-6-19(16,17)13-4-2-3-10(7-13)8(14)11-9(15)12-10/h2-7H2,1H3,(H2,11,12,14,15). The van der Waals surface area contributed by atoms with Gasteiger partial charge >= 0.3 is 6.03 Å². The molecule has 19 heavy (non-hydrogen) atoms. The molecule has 1 atom stereocenters. The maximum absolute atomic E-state index is 12.1. The van der Waals surface area contributed by atoms with Crippen LogP contribution >= 0.6 is 0 Å². The van der Waals surface area contributed by atoms with E-state index in [1.54, 1.807) is 0 Å². The van der Waals surface area contributed by atoms with Crippen molar-refractivity contribution in [3.05, 3.63) is 0 Å². The third-order valence-electron chi connectivity index (χ3n) is 3.41. The molecule has 3 amide bonds. The number of hydrogen-bond acceptors (Lipinski definition) is 5. The lowest BCUT2D eigenvalue weighted by Gasteiger charge is -2.37. The average Bonchev–Trinajstić information content (AvgIpc) is 2.61. The first-order valence-corrected chi connectivity index (χ1v) is 7.61. The van der Waals surface area contributed by atoms with E-state index < -0.39 is 27.5 Å². The molecule has 9 heteroatoms. The Labute approximate surface area is 111 Å². The van der Waals surface area contributed by atoms with Crippen LogP contribution in [0.15, 0.2) is 0 Å². The Bertz CT molecular complexity index is 491. The molecule has 2 heterocycles. The number of sulfonamides is 1. The van der Waals surface area contributed by atoms with Crippen LogP contribution in [0.3, 0.4) is 0 Å². The predicted molar refractivity (Wildman–Crippen MR) is 65.9 cm³/mol. The molecule has 1 spiro atoms. The Morgan fingerprint density at radius 2 is 2.16 bits per heavy atom. The molecule has 2 aliphatic heterocycles. The second kappa shape index (κ2) is 5.06. The van der Waals surface area contributed by atoms with Crippen molar-refractivity contribution < 1.29 is 22.7 Å². The second-order valence-corrected chi connectivity index (χ2v) is 6.82. The van der Waals surface area contributed by atoms with Gasteiger partial charge in [-0.3, -0.25) is 10.1 Å². The van der Waals surface area contributed by atoms with E-state index in [0.29, 0.717) is 19.4 Å². The fourth-order valence-electron chi connectivity index (χ4n) is 2.39. The van der Waals surface area contributed by atoms with Gasteiger partial charge in [0.2, 0.25) is 10.0 Å². The van der Waals surface area contributed by atoms with E-state index in [0.717, 1.165) is 0 Å². The summed E-state index contributed by atoms with van der Waals surface area (Å²) in [4.78, 5) is 23.0. The van der Waals surface area contributed by atoms with Crippen molar-refractivity contribution in [3.63, 3.8) is 0 Å². The lowest BCUT2D eigenvalue weighted by molar-refractivity contribution is -0.125. The minimum absolute atomic E-state index is 0.0172. The van der Waals surface area contributed by atoms with Gasteiger partial charge in [0.05, 0.1) is 12.4 Å². The summed E-state index contributed by atoms with van der Waals surface area (Å²) < 4.78 is 30.2. The zero-order valence-electron chi connectivity index (χ0n) is 10.6. The maximum Gasteiger partial charge on any atom is 0.322 e. The van der Waals surface area contributed by atoms with Gasteiger partial charge in [0.1, 0.15) is 5.54 Å². The number of imide groups is 1. The van der Waals surface area contributed by atoms with E-state index >= 15 is 0 Å². The third kappa shape index (κ3) is 2.72. The summed E-state index contributed by atoms with van der Waals surface area (Å²) >= 11 is 0. The van der Waals surface area contributed by atoms with Crippen molar-refractivity contribution in [2.24, 2.45) is 0 Å². The second-order valence-electron chi connectivity index (χ2n) is 4.74. The number of nitrogens with zero attached hydrogens (tertiary/aromatic N) is 1. The van der Waals surface area contributed by atoms with Gasteiger partial charge in [-0.1, -0.05) is 0 Å². The van der Waals surface area contributed by atoms with Gasteiger partial charge in [-0.15, -0.1) is 0 Å². The first-order valence-electron chi connectivity index (χ1n) is 6.00. The van der Waals surface area contributed by atoms with Crippen LogP contribution < -0.4 is 10.6 Å². The molecule has 0 bridgehead atoms. The molecule has 0 aromatic heterocycles. The van der Waals surface area contributed by atoms with Crippen molar-refractivity contribution in [1.29, 1.82) is 0 Å². The molecule has 0 aliphatic carbocycles. The van der Waals surface area contributed by atoms with E-state index in [1.165, 1.54) is 11.4 Å². The predicted octanol–water partition coefficient (Wildman–Crippen LogP) is -1.36. The van der Waals surface area contributed by atoms with Crippen LogP contribution in [0.25, 0.3) is 0 Å². The molecule has 1 unspecified atom stereocenters. The summed E-state index contributed by atoms with van der Waals surface area (Å²) in [6, 6.07) is -0.568. The highest BCUT2D eigenvalue weighted by atomic mass is 32.2. The first kappa shape index (κ1) is 14.2. The van der Waals surface area contributed by atoms with Crippen LogP contribution in [-0.4, -0.2) is 62.8 Å². The maximum atomic E-state index is 12.1. The lowest BCUT2D eigenvalue weighted by atomic mass is 9.90. The minimum Gasteiger partial charge on any atom is -0.384 e. The number of urea groups is 1. The van der Waals surface area contributed by atoms with Gasteiger partial charge < -0.3 is 10.1 Å². The van der Waals surface area contributed by atoms with Gasteiger partial charge in [0, 0.05) is 20.2 Å². The number of nitrogens with one attached hydrogen (secondary N) is 2. The number of hydrogen-bond donors (Lipinski definition) is 2. The number of carbonyl (C=O) groups excluding carboxylic acids is 2. The van der Waals surface area contributed by atoms with Crippen molar-refractivity contribution in [2.45, 2.75) is 18.4 Å². The van der Waals surface area contributed by atoms with Crippen LogP contribution in [0.2, 0.25) is 0 Å². The zero-order chi connectivity index (χ0) is 14.1. The molecule has 0 aromatic rings. The van der Waals surface area contributed by atoms with Gasteiger partial charge in [-0.2, -0.15) is 4.31 Å². The molecule has 0 radical (unpaired) electrons. The highest BCUT2D eigenvalue weighted by Gasteiger charge is 2.50. The quantitative estimate of drug-likeness (QED) is 0.622. The molecular formula is C10H17N3O5S. The number of ether oxygens (including phenoxy) is 1. The van der Waals surface area contributed by atoms with Crippen molar-refractivity contribution in [3.8, 4) is 0 Å². The number of amides is 3. The summed E-state index contributed by atoms with van der Waals surface area (Å²) in [6.45, 7) is 0.442. The summed E-state index contributed by atoms with van der Waals surface area (Å²) in [5.41, 5.74) is -1.12. The van der Waals surface area contributed by atoms with E-state index in [9.17, 15) is 18.0 Å². The van der Waals surface area contributed by atoms with Gasteiger partial charge in [0.15, 0.2) is 0 Å². The van der Waals surface area contributed by atoms with Crippen LogP contribution in [0.4, 0.5) is 4.79 Å². The van der Waals surface area contributed by atoms with Gasteiger partial charge in [-0.25, -0.2) is 13.2 Å². The van der Waals surface area contributed by atoms with E-state index in [2.05, 4.69) is 10.6 Å². The lowest BCUT2D eigenvalue weighted by Crippen LogP contribution is -2.59. The highest BCUT2D eigenvalue weighted by Crippen LogP contribution is 2.26. The Morgan fingerprint density at radius 3 is 2.74 bits per heavy atom. The third-order valence-corrected chi connectivity index (χ3v) is 5.19. The number of carbonyl (C=O) groups is 2. The van der Waals surface area contributed by atoms with Crippen LogP contribution in [0, 0.1) is 0 Å². The summed E-state index contributed by atoms with van der Waals surface area (Å²) in [7, 11) is -2.04. The van der Waals surface area contributed by atoms with Crippen molar-refractivity contribution in [1.82, 2.24) is 14.9 Å². The molecular weight excluding hydrogens is 274 g/mol. The van der Waals surface area contributed by atoms with E-state index in [4.69, 9.17) is 4.74 Å². The minimum atomic E-state index is -3.47. The molecule has 108 valence electrons. The monoisotopic (exact) mass is 291 g/mol. The van der Waals surface area contributed by atoms with Gasteiger partial charge in [0.25, 0.3) is 5.91 Å². The Balaban J connectivity index is 2.13. The summed E-state index contributed by atoms with van der Waals surface area (Å²) in [5, 5.41) is 4.70. The van der Waals surface area contributed by atoms with Gasteiger partial charge in [-0.05, 0) is 12.8 Å². The van der Waals surface area contributed by atoms with Crippen LogP contribution in [-0.2, 0) is 19.6 Å². The fraction of sp³-hybridized carbons (Fsp3) is 0.800. The summed E-state index contributed by atoms with van der Waals surface area (Å²) in [5.74, 6) is -0.584. The average molecular weight is 291 g/mol. The Kier molecular flexibility index (Phi) is 3.79. The number of rotatable bonds is 4. The molecule has 2 N–H and O–H groups in total. The van der Waals surface area contributed by atoms with Crippen LogP contribution in [0.5, 0.6) is 0 Å². The number of methoxy groups -OCH3 is 1. The highest BCUT2D eigenvalue weighted by molar-refractivity contribution is 7.89. The van der Waals surface area contributed by atoms with E-state index in [-0.39, 0.29) is 18.9 Å². The molecule has 0 saturated carbocycles. The van der Waals surface area contributed by atoms with Crippen molar-refractivity contribution >= 4 is 22.0 Å².